The molecule has 1 atom stereocenters. The van der Waals surface area contributed by atoms with E-state index in [-0.39, 0.29) is 11.4 Å². The van der Waals surface area contributed by atoms with Crippen LogP contribution in [0.25, 0.3) is 0 Å². The van der Waals surface area contributed by atoms with Gasteiger partial charge in [0.05, 0.1) is 0 Å². The number of hydrogen-bond donors (Lipinski definition) is 3. The summed E-state index contributed by atoms with van der Waals surface area (Å²) in [6, 6.07) is -0.0719. The van der Waals surface area contributed by atoms with Crippen LogP contribution in [0.4, 0.5) is 0 Å². The maximum atomic E-state index is 11.6. The second-order valence-electron chi connectivity index (χ2n) is 5.35. The van der Waals surface area contributed by atoms with E-state index in [0.717, 1.165) is 12.8 Å². The van der Waals surface area contributed by atoms with Crippen LogP contribution in [0.15, 0.2) is 4.99 Å². The van der Waals surface area contributed by atoms with Crippen LogP contribution in [0.5, 0.6) is 0 Å². The van der Waals surface area contributed by atoms with Crippen molar-refractivity contribution in [2.24, 2.45) is 10.7 Å². The Balaban J connectivity index is 2.43. The topological polar surface area (TPSA) is 79.5 Å². The van der Waals surface area contributed by atoms with Crippen molar-refractivity contribution in [3.8, 4) is 0 Å². The maximum absolute atomic E-state index is 11.6. The number of nitrogens with one attached hydrogen (secondary N) is 2. The van der Waals surface area contributed by atoms with E-state index in [4.69, 9.17) is 5.73 Å². The lowest BCUT2D eigenvalue weighted by Crippen LogP contribution is -2.46. The van der Waals surface area contributed by atoms with Gasteiger partial charge in [0, 0.05) is 11.6 Å². The van der Waals surface area contributed by atoms with Crippen molar-refractivity contribution >= 4 is 11.9 Å². The van der Waals surface area contributed by atoms with Crippen molar-refractivity contribution in [3.63, 3.8) is 0 Å². The first-order valence-corrected chi connectivity index (χ1v) is 5.70. The summed E-state index contributed by atoms with van der Waals surface area (Å²) in [5.41, 5.74) is 5.57. The monoisotopic (exact) mass is 226 g/mol. The van der Waals surface area contributed by atoms with Gasteiger partial charge >= 0.3 is 0 Å². The molecule has 0 saturated heterocycles. The molecule has 5 heteroatoms. The van der Waals surface area contributed by atoms with Crippen LogP contribution in [0.2, 0.25) is 0 Å². The van der Waals surface area contributed by atoms with Gasteiger partial charge in [0.15, 0.2) is 5.96 Å². The number of rotatable bonds is 3. The largest absolute Gasteiger partial charge is 0.370 e. The summed E-state index contributed by atoms with van der Waals surface area (Å²) >= 11 is 0. The van der Waals surface area contributed by atoms with Crippen LogP contribution in [0, 0.1) is 0 Å². The molecular weight excluding hydrogens is 204 g/mol. The van der Waals surface area contributed by atoms with E-state index in [1.807, 2.05) is 20.8 Å². The molecule has 0 heterocycles. The van der Waals surface area contributed by atoms with E-state index in [1.165, 1.54) is 0 Å². The van der Waals surface area contributed by atoms with Gasteiger partial charge in [-0.3, -0.25) is 4.79 Å². The van der Waals surface area contributed by atoms with Gasteiger partial charge in [0.2, 0.25) is 5.91 Å². The van der Waals surface area contributed by atoms with Gasteiger partial charge in [0.25, 0.3) is 0 Å². The summed E-state index contributed by atoms with van der Waals surface area (Å²) in [5, 5.41) is 5.91. The van der Waals surface area contributed by atoms with Crippen LogP contribution in [0.1, 0.15) is 40.5 Å². The van der Waals surface area contributed by atoms with E-state index in [0.29, 0.717) is 12.0 Å². The van der Waals surface area contributed by atoms with E-state index in [9.17, 15) is 4.79 Å². The molecule has 5 nitrogen and oxygen atoms in total. The predicted octanol–water partition coefficient (Wildman–Crippen LogP) is 0.356. The fourth-order valence-corrected chi connectivity index (χ4v) is 1.23. The predicted molar refractivity (Wildman–Crippen MR) is 65.1 cm³/mol. The highest BCUT2D eigenvalue weighted by atomic mass is 16.2. The van der Waals surface area contributed by atoms with Gasteiger partial charge in [-0.05, 0) is 40.5 Å². The smallest absolute Gasteiger partial charge is 0.244 e. The normalized spacial score (nSPS) is 19.1. The molecule has 1 aliphatic carbocycles. The molecule has 0 aliphatic heterocycles. The Morgan fingerprint density at radius 1 is 1.44 bits per heavy atom. The Morgan fingerprint density at radius 2 is 2.00 bits per heavy atom. The molecule has 1 amide bonds. The molecule has 0 aromatic rings. The molecule has 92 valence electrons. The maximum Gasteiger partial charge on any atom is 0.244 e. The van der Waals surface area contributed by atoms with Crippen molar-refractivity contribution in [1.82, 2.24) is 10.6 Å². The van der Waals surface area contributed by atoms with E-state index >= 15 is 0 Å². The lowest BCUT2D eigenvalue weighted by atomic mass is 10.1. The van der Waals surface area contributed by atoms with Gasteiger partial charge in [-0.1, -0.05) is 0 Å². The summed E-state index contributed by atoms with van der Waals surface area (Å²) < 4.78 is 0. The molecule has 1 rings (SSSR count). The van der Waals surface area contributed by atoms with Gasteiger partial charge in [-0.25, -0.2) is 4.99 Å². The molecule has 1 aliphatic rings. The Hall–Kier alpha value is -1.26. The Kier molecular flexibility index (Phi) is 3.78. The first-order valence-electron chi connectivity index (χ1n) is 5.70. The summed E-state index contributed by atoms with van der Waals surface area (Å²) in [4.78, 5) is 15.7. The summed E-state index contributed by atoms with van der Waals surface area (Å²) in [6.07, 6.45) is 2.16. The molecule has 4 N–H and O–H groups in total. The summed E-state index contributed by atoms with van der Waals surface area (Å²) in [6.45, 7) is 7.72. The molecule has 1 unspecified atom stereocenters. The fraction of sp³-hybridized carbons (Fsp3) is 0.818. The van der Waals surface area contributed by atoms with Gasteiger partial charge in [0.1, 0.15) is 6.04 Å². The number of hydrogen-bond acceptors (Lipinski definition) is 2. The number of nitrogens with two attached hydrogens (primary N) is 1. The summed E-state index contributed by atoms with van der Waals surface area (Å²) in [5.74, 6) is 0.257. The molecular formula is C11H22N4O. The number of amides is 1. The number of nitrogens with zero attached hydrogens (tertiary/aromatic N) is 1. The highest BCUT2D eigenvalue weighted by Crippen LogP contribution is 2.18. The Morgan fingerprint density at radius 3 is 2.44 bits per heavy atom. The van der Waals surface area contributed by atoms with Gasteiger partial charge in [-0.2, -0.15) is 0 Å². The third-order valence-electron chi connectivity index (χ3n) is 2.14. The van der Waals surface area contributed by atoms with E-state index < -0.39 is 6.04 Å². The Bertz CT molecular complexity index is 289. The molecule has 0 aromatic carbocycles. The molecule has 0 spiro atoms. The first-order chi connectivity index (χ1) is 7.28. The fourth-order valence-electron chi connectivity index (χ4n) is 1.23. The number of aliphatic imine (C=N–C) groups is 1. The van der Waals surface area contributed by atoms with Crippen LogP contribution < -0.4 is 16.4 Å². The first kappa shape index (κ1) is 12.8. The third kappa shape index (κ3) is 5.00. The molecule has 0 radical (unpaired) electrons. The van der Waals surface area contributed by atoms with Crippen molar-refractivity contribution < 1.29 is 4.79 Å². The number of carbonyl (C=O) groups is 1. The van der Waals surface area contributed by atoms with Crippen LogP contribution in [-0.2, 0) is 4.79 Å². The standard InChI is InChI=1S/C11H22N4O/c1-7(9(16)14-8-5-6-8)13-10(12)15-11(2,3)4/h7-8H,5-6H2,1-4H3,(H,14,16)(H3,12,13,15). The average molecular weight is 226 g/mol. The highest BCUT2D eigenvalue weighted by molar-refractivity contribution is 5.86. The van der Waals surface area contributed by atoms with Crippen molar-refractivity contribution in [1.29, 1.82) is 0 Å². The minimum Gasteiger partial charge on any atom is -0.370 e. The number of guanidine groups is 1. The van der Waals surface area contributed by atoms with Gasteiger partial charge in [-0.15, -0.1) is 0 Å². The third-order valence-corrected chi connectivity index (χ3v) is 2.14. The van der Waals surface area contributed by atoms with Crippen molar-refractivity contribution in [3.05, 3.63) is 0 Å². The minimum absolute atomic E-state index is 0.0545. The van der Waals surface area contributed by atoms with Crippen LogP contribution >= 0.6 is 0 Å². The minimum atomic E-state index is -0.435. The van der Waals surface area contributed by atoms with Gasteiger partial charge < -0.3 is 16.4 Å². The molecule has 16 heavy (non-hydrogen) atoms. The van der Waals surface area contributed by atoms with Crippen LogP contribution in [-0.4, -0.2) is 29.5 Å². The SMILES string of the molecule is CC(N=C(N)NC(C)(C)C)C(=O)NC1CC1. The van der Waals surface area contributed by atoms with Crippen LogP contribution in [0.3, 0.4) is 0 Å². The molecule has 1 fully saturated rings. The second kappa shape index (κ2) is 4.72. The molecule has 1 saturated carbocycles. The quantitative estimate of drug-likeness (QED) is 0.480. The zero-order valence-corrected chi connectivity index (χ0v) is 10.5. The van der Waals surface area contributed by atoms with E-state index in [1.54, 1.807) is 6.92 Å². The number of carbonyl (C=O) groups excluding carboxylic acids is 1. The molecule has 0 aromatic heterocycles. The second-order valence-corrected chi connectivity index (χ2v) is 5.35. The van der Waals surface area contributed by atoms with E-state index in [2.05, 4.69) is 15.6 Å². The molecule has 0 bridgehead atoms. The van der Waals surface area contributed by atoms with Crippen molar-refractivity contribution in [2.45, 2.75) is 58.2 Å². The average Bonchev–Trinajstić information content (AvgIpc) is 2.83. The zero-order valence-electron chi connectivity index (χ0n) is 10.5. The summed E-state index contributed by atoms with van der Waals surface area (Å²) in [7, 11) is 0. The van der Waals surface area contributed by atoms with Crippen molar-refractivity contribution in [2.75, 3.05) is 0 Å². The lowest BCUT2D eigenvalue weighted by molar-refractivity contribution is -0.122. The highest BCUT2D eigenvalue weighted by Gasteiger charge is 2.25. The zero-order chi connectivity index (χ0) is 12.3. The Labute approximate surface area is 96.9 Å². The lowest BCUT2D eigenvalue weighted by Gasteiger charge is -2.21.